The number of carbonyl (C=O) groups excluding carboxylic acids is 1. The molecule has 1 aliphatic rings. The van der Waals surface area contributed by atoms with Gasteiger partial charge in [0.2, 0.25) is 0 Å². The van der Waals surface area contributed by atoms with Crippen LogP contribution in [-0.4, -0.2) is 44.4 Å². The van der Waals surface area contributed by atoms with Gasteiger partial charge >= 0.3 is 0 Å². The predicted octanol–water partition coefficient (Wildman–Crippen LogP) is 3.12. The minimum absolute atomic E-state index is 0.246. The molecule has 1 aromatic heterocycles. The number of rotatable bonds is 3. The number of nitrogens with zero attached hydrogens (tertiary/aromatic N) is 2. The first-order valence-corrected chi connectivity index (χ1v) is 7.77. The summed E-state index contributed by atoms with van der Waals surface area (Å²) in [6.45, 7) is 3.86. The van der Waals surface area contributed by atoms with Crippen molar-refractivity contribution in [2.45, 2.75) is 0 Å². The average Bonchev–Trinajstić information content (AvgIpc) is 2.97. The van der Waals surface area contributed by atoms with E-state index in [2.05, 4.69) is 16.8 Å². The first-order chi connectivity index (χ1) is 10.2. The molecule has 0 spiro atoms. The normalized spacial score (nSPS) is 16.2. The summed E-state index contributed by atoms with van der Waals surface area (Å²) in [6.07, 6.45) is 0.836. The van der Waals surface area contributed by atoms with Crippen molar-refractivity contribution in [3.63, 3.8) is 0 Å². The van der Waals surface area contributed by atoms with Gasteiger partial charge in [-0.05, 0) is 37.4 Å². The number of hydrogen-bond acceptors (Lipinski definition) is 4. The fourth-order valence-corrected chi connectivity index (χ4v) is 3.44. The summed E-state index contributed by atoms with van der Waals surface area (Å²) in [5.41, 5.74) is 1.92. The van der Waals surface area contributed by atoms with E-state index in [-0.39, 0.29) is 5.82 Å². The highest BCUT2D eigenvalue weighted by Crippen LogP contribution is 2.36. The summed E-state index contributed by atoms with van der Waals surface area (Å²) in [4.78, 5) is 17.0. The molecule has 3 nitrogen and oxygen atoms in total. The van der Waals surface area contributed by atoms with E-state index in [9.17, 15) is 9.18 Å². The van der Waals surface area contributed by atoms with Crippen molar-refractivity contribution in [2.24, 2.45) is 0 Å². The number of thiophene rings is 1. The van der Waals surface area contributed by atoms with Gasteiger partial charge in [0, 0.05) is 42.3 Å². The zero-order valence-corrected chi connectivity index (χ0v) is 12.7. The molecular formula is C16H17FN2OS. The molecule has 0 unspecified atom stereocenters. The maximum Gasteiger partial charge on any atom is 0.160 e. The van der Waals surface area contributed by atoms with Gasteiger partial charge < -0.3 is 9.80 Å². The van der Waals surface area contributed by atoms with Crippen LogP contribution in [0, 0.1) is 5.82 Å². The van der Waals surface area contributed by atoms with Crippen LogP contribution in [0.15, 0.2) is 30.3 Å². The molecule has 1 aromatic carbocycles. The Kier molecular flexibility index (Phi) is 4.03. The molecule has 0 radical (unpaired) electrons. The van der Waals surface area contributed by atoms with Gasteiger partial charge in [0.15, 0.2) is 6.29 Å². The molecule has 2 heterocycles. The summed E-state index contributed by atoms with van der Waals surface area (Å²) in [5.74, 6) is -0.246. The summed E-state index contributed by atoms with van der Waals surface area (Å²) in [7, 11) is 2.11. The molecule has 2 aromatic rings. The van der Waals surface area contributed by atoms with Crippen LogP contribution in [0.1, 0.15) is 9.67 Å². The van der Waals surface area contributed by atoms with E-state index in [0.29, 0.717) is 4.88 Å². The summed E-state index contributed by atoms with van der Waals surface area (Å²) >= 11 is 1.40. The third kappa shape index (κ3) is 2.99. The molecule has 0 saturated carbocycles. The van der Waals surface area contributed by atoms with Crippen molar-refractivity contribution in [2.75, 3.05) is 38.1 Å². The van der Waals surface area contributed by atoms with Crippen LogP contribution in [-0.2, 0) is 0 Å². The Hall–Kier alpha value is -1.72. The molecule has 5 heteroatoms. The standard InChI is InChI=1S/C16H17FN2OS/c1-18-6-8-19(9-7-18)15-4-2-12(17)10-14(15)16-5-3-13(11-20)21-16/h2-5,10-11H,6-9H2,1H3. The van der Waals surface area contributed by atoms with Crippen LogP contribution in [0.2, 0.25) is 0 Å². The number of anilines is 1. The fraction of sp³-hybridized carbons (Fsp3) is 0.312. The van der Waals surface area contributed by atoms with E-state index in [4.69, 9.17) is 0 Å². The number of aldehydes is 1. The van der Waals surface area contributed by atoms with E-state index >= 15 is 0 Å². The number of piperazine rings is 1. The summed E-state index contributed by atoms with van der Waals surface area (Å²) in [6, 6.07) is 8.59. The molecule has 0 N–H and O–H groups in total. The number of likely N-dealkylation sites (N-methyl/N-ethyl adjacent to an activating group) is 1. The first-order valence-electron chi connectivity index (χ1n) is 6.96. The van der Waals surface area contributed by atoms with Gasteiger partial charge in [0.05, 0.1) is 4.88 Å². The zero-order chi connectivity index (χ0) is 14.8. The third-order valence-corrected chi connectivity index (χ3v) is 4.85. The Bertz CT molecular complexity index is 647. The Morgan fingerprint density at radius 1 is 1.14 bits per heavy atom. The van der Waals surface area contributed by atoms with Crippen molar-refractivity contribution in [3.8, 4) is 10.4 Å². The van der Waals surface area contributed by atoms with Gasteiger partial charge in [-0.1, -0.05) is 0 Å². The molecule has 21 heavy (non-hydrogen) atoms. The van der Waals surface area contributed by atoms with E-state index in [1.54, 1.807) is 12.1 Å². The minimum atomic E-state index is -0.246. The SMILES string of the molecule is CN1CCN(c2ccc(F)cc2-c2ccc(C=O)s2)CC1. The van der Waals surface area contributed by atoms with E-state index in [1.165, 1.54) is 17.4 Å². The van der Waals surface area contributed by atoms with E-state index in [0.717, 1.165) is 48.6 Å². The van der Waals surface area contributed by atoms with Gasteiger partial charge in [-0.25, -0.2) is 4.39 Å². The largest absolute Gasteiger partial charge is 0.368 e. The number of halogens is 1. The second-order valence-electron chi connectivity index (χ2n) is 5.27. The van der Waals surface area contributed by atoms with Gasteiger partial charge in [-0.3, -0.25) is 4.79 Å². The quantitative estimate of drug-likeness (QED) is 0.814. The lowest BCUT2D eigenvalue weighted by Gasteiger charge is -2.35. The van der Waals surface area contributed by atoms with Crippen molar-refractivity contribution >= 4 is 23.3 Å². The molecule has 1 saturated heterocycles. The molecule has 0 bridgehead atoms. The molecular weight excluding hydrogens is 287 g/mol. The lowest BCUT2D eigenvalue weighted by atomic mass is 10.1. The van der Waals surface area contributed by atoms with Crippen molar-refractivity contribution in [1.29, 1.82) is 0 Å². The third-order valence-electron chi connectivity index (χ3n) is 3.81. The van der Waals surface area contributed by atoms with Crippen molar-refractivity contribution < 1.29 is 9.18 Å². The monoisotopic (exact) mass is 304 g/mol. The van der Waals surface area contributed by atoms with Gasteiger partial charge in [-0.2, -0.15) is 0 Å². The van der Waals surface area contributed by atoms with E-state index in [1.807, 2.05) is 12.1 Å². The highest BCUT2D eigenvalue weighted by Gasteiger charge is 2.19. The second-order valence-corrected chi connectivity index (χ2v) is 6.39. The van der Waals surface area contributed by atoms with Crippen molar-refractivity contribution in [3.05, 3.63) is 41.0 Å². The maximum atomic E-state index is 13.7. The zero-order valence-electron chi connectivity index (χ0n) is 11.9. The number of carbonyl (C=O) groups is 1. The van der Waals surface area contributed by atoms with Crippen LogP contribution in [0.3, 0.4) is 0 Å². The average molecular weight is 304 g/mol. The lowest BCUT2D eigenvalue weighted by Crippen LogP contribution is -2.44. The second kappa shape index (κ2) is 5.95. The molecule has 3 rings (SSSR count). The van der Waals surface area contributed by atoms with Gasteiger partial charge in [0.1, 0.15) is 5.82 Å². The fourth-order valence-electron chi connectivity index (χ4n) is 2.59. The van der Waals surface area contributed by atoms with E-state index < -0.39 is 0 Å². The van der Waals surface area contributed by atoms with Crippen LogP contribution in [0.4, 0.5) is 10.1 Å². The predicted molar refractivity (Wildman–Crippen MR) is 84.8 cm³/mol. The Labute approximate surface area is 127 Å². The van der Waals surface area contributed by atoms with Gasteiger partial charge in [0.25, 0.3) is 0 Å². The molecule has 1 aliphatic heterocycles. The number of benzene rings is 1. The number of hydrogen-bond donors (Lipinski definition) is 0. The lowest BCUT2D eigenvalue weighted by molar-refractivity contribution is 0.112. The molecule has 0 atom stereocenters. The maximum absolute atomic E-state index is 13.7. The topological polar surface area (TPSA) is 23.6 Å². The summed E-state index contributed by atoms with van der Waals surface area (Å²) < 4.78 is 13.7. The minimum Gasteiger partial charge on any atom is -0.368 e. The van der Waals surface area contributed by atoms with Crippen LogP contribution in [0.25, 0.3) is 10.4 Å². The van der Waals surface area contributed by atoms with Crippen molar-refractivity contribution in [1.82, 2.24) is 4.90 Å². The highest BCUT2D eigenvalue weighted by atomic mass is 32.1. The molecule has 0 aliphatic carbocycles. The Balaban J connectivity index is 1.98. The van der Waals surface area contributed by atoms with Crippen LogP contribution in [0.5, 0.6) is 0 Å². The summed E-state index contributed by atoms with van der Waals surface area (Å²) in [5, 5.41) is 0. The molecule has 110 valence electrons. The van der Waals surface area contributed by atoms with Crippen LogP contribution < -0.4 is 4.90 Å². The van der Waals surface area contributed by atoms with Crippen LogP contribution >= 0.6 is 11.3 Å². The first kappa shape index (κ1) is 14.2. The molecule has 1 fully saturated rings. The Morgan fingerprint density at radius 2 is 1.90 bits per heavy atom. The van der Waals surface area contributed by atoms with Gasteiger partial charge in [-0.15, -0.1) is 11.3 Å². The smallest absolute Gasteiger partial charge is 0.160 e. The molecule has 0 amide bonds. The highest BCUT2D eigenvalue weighted by molar-refractivity contribution is 7.17. The Morgan fingerprint density at radius 3 is 2.57 bits per heavy atom.